The fourth-order valence-electron chi connectivity index (χ4n) is 1.18. The maximum atomic E-state index is 12.6. The predicted octanol–water partition coefficient (Wildman–Crippen LogP) is 4.26. The summed E-state index contributed by atoms with van der Waals surface area (Å²) in [7, 11) is 0. The maximum Gasteiger partial charge on any atom is 0.274 e. The van der Waals surface area contributed by atoms with Crippen LogP contribution in [0.1, 0.15) is 18.9 Å². The summed E-state index contributed by atoms with van der Waals surface area (Å²) in [5, 5.41) is 0. The van der Waals surface area contributed by atoms with E-state index in [9.17, 15) is 8.78 Å². The molecule has 0 bridgehead atoms. The molecule has 14 heavy (non-hydrogen) atoms. The Kier molecular flexibility index (Phi) is 4.05. The molecule has 0 heterocycles. The van der Waals surface area contributed by atoms with Crippen LogP contribution in [0.2, 0.25) is 0 Å². The number of benzene rings is 1. The van der Waals surface area contributed by atoms with Crippen molar-refractivity contribution >= 4 is 5.57 Å². The number of rotatable bonds is 3. The molecule has 74 valence electrons. The molecular formula is C12H12F2. The fraction of sp³-hybridized carbons (Fsp3) is 0.167. The van der Waals surface area contributed by atoms with E-state index in [1.807, 2.05) is 13.0 Å². The summed E-state index contributed by atoms with van der Waals surface area (Å²) in [5.41, 5.74) is 0.689. The molecule has 1 rings (SSSR count). The minimum absolute atomic E-state index is 0.101. The Balaban J connectivity index is 2.97. The highest BCUT2D eigenvalue weighted by atomic mass is 19.3. The van der Waals surface area contributed by atoms with Crippen molar-refractivity contribution in [2.45, 2.75) is 13.3 Å². The molecule has 0 amide bonds. The van der Waals surface area contributed by atoms with Crippen LogP contribution in [-0.2, 0) is 0 Å². The molecule has 0 radical (unpaired) electrons. The first-order valence-corrected chi connectivity index (χ1v) is 4.46. The van der Waals surface area contributed by atoms with Gasteiger partial charge in [0.2, 0.25) is 0 Å². The van der Waals surface area contributed by atoms with Gasteiger partial charge in [-0.2, -0.15) is 8.78 Å². The molecule has 0 aromatic heterocycles. The minimum Gasteiger partial charge on any atom is -0.173 e. The molecule has 0 N–H and O–H groups in total. The molecule has 0 aliphatic rings. The summed E-state index contributed by atoms with van der Waals surface area (Å²) in [6.45, 7) is 1.82. The van der Waals surface area contributed by atoms with E-state index in [-0.39, 0.29) is 12.0 Å². The van der Waals surface area contributed by atoms with Gasteiger partial charge in [0.1, 0.15) is 0 Å². The summed E-state index contributed by atoms with van der Waals surface area (Å²) in [4.78, 5) is 0. The van der Waals surface area contributed by atoms with E-state index >= 15 is 0 Å². The third-order valence-electron chi connectivity index (χ3n) is 1.91. The summed E-state index contributed by atoms with van der Waals surface area (Å²) < 4.78 is 25.1. The summed E-state index contributed by atoms with van der Waals surface area (Å²) >= 11 is 0. The molecule has 0 fully saturated rings. The van der Waals surface area contributed by atoms with Crippen molar-refractivity contribution in [3.05, 3.63) is 54.1 Å². The largest absolute Gasteiger partial charge is 0.274 e. The van der Waals surface area contributed by atoms with Gasteiger partial charge in [0.25, 0.3) is 6.08 Å². The SMILES string of the molecule is C/C=C/CC(=C(F)F)c1ccccc1. The van der Waals surface area contributed by atoms with Gasteiger partial charge in [0, 0.05) is 5.57 Å². The zero-order valence-corrected chi connectivity index (χ0v) is 8.00. The number of allylic oxidation sites excluding steroid dienone is 3. The third kappa shape index (κ3) is 2.80. The van der Waals surface area contributed by atoms with E-state index in [1.54, 1.807) is 36.4 Å². The standard InChI is InChI=1S/C12H12F2/c1-2-3-9-11(12(13)14)10-7-5-4-6-8-10/h2-8H,9H2,1H3/b3-2+. The van der Waals surface area contributed by atoms with Crippen LogP contribution in [0, 0.1) is 0 Å². The summed E-state index contributed by atoms with van der Waals surface area (Å²) in [6.07, 6.45) is 2.17. The van der Waals surface area contributed by atoms with Crippen LogP contribution < -0.4 is 0 Å². The lowest BCUT2D eigenvalue weighted by molar-refractivity contribution is 0.424. The van der Waals surface area contributed by atoms with Gasteiger partial charge in [-0.15, -0.1) is 0 Å². The summed E-state index contributed by atoms with van der Waals surface area (Å²) in [6, 6.07) is 8.71. The van der Waals surface area contributed by atoms with Crippen molar-refractivity contribution in [1.82, 2.24) is 0 Å². The number of hydrogen-bond donors (Lipinski definition) is 0. The Morgan fingerprint density at radius 2 is 1.86 bits per heavy atom. The molecule has 1 aromatic rings. The van der Waals surface area contributed by atoms with E-state index in [4.69, 9.17) is 0 Å². The van der Waals surface area contributed by atoms with E-state index in [0.29, 0.717) is 5.56 Å². The first kappa shape index (κ1) is 10.6. The van der Waals surface area contributed by atoms with E-state index in [2.05, 4.69) is 0 Å². The molecule has 0 nitrogen and oxygen atoms in total. The molecular weight excluding hydrogens is 182 g/mol. The molecule has 0 spiro atoms. The Labute approximate surface area is 82.6 Å². The summed E-state index contributed by atoms with van der Waals surface area (Å²) in [5.74, 6) is 0. The van der Waals surface area contributed by atoms with Crippen LogP contribution >= 0.6 is 0 Å². The highest BCUT2D eigenvalue weighted by Crippen LogP contribution is 2.24. The minimum atomic E-state index is -1.60. The number of hydrogen-bond acceptors (Lipinski definition) is 0. The first-order chi connectivity index (χ1) is 6.75. The number of halogens is 2. The quantitative estimate of drug-likeness (QED) is 0.630. The van der Waals surface area contributed by atoms with Gasteiger partial charge in [-0.3, -0.25) is 0 Å². The molecule has 0 unspecified atom stereocenters. The molecule has 0 aliphatic heterocycles. The van der Waals surface area contributed by atoms with Crippen LogP contribution in [-0.4, -0.2) is 0 Å². The molecule has 0 saturated carbocycles. The van der Waals surface area contributed by atoms with Crippen molar-refractivity contribution in [1.29, 1.82) is 0 Å². The second-order valence-corrected chi connectivity index (χ2v) is 2.88. The highest BCUT2D eigenvalue weighted by Gasteiger charge is 2.06. The van der Waals surface area contributed by atoms with Gasteiger partial charge in [0.15, 0.2) is 0 Å². The van der Waals surface area contributed by atoms with E-state index < -0.39 is 6.08 Å². The van der Waals surface area contributed by atoms with Crippen LogP contribution in [0.4, 0.5) is 8.78 Å². The Morgan fingerprint density at radius 1 is 1.21 bits per heavy atom. The maximum absolute atomic E-state index is 12.6. The average molecular weight is 194 g/mol. The van der Waals surface area contributed by atoms with Crippen molar-refractivity contribution in [2.75, 3.05) is 0 Å². The van der Waals surface area contributed by atoms with Crippen molar-refractivity contribution in [3.8, 4) is 0 Å². The first-order valence-electron chi connectivity index (χ1n) is 4.46. The van der Waals surface area contributed by atoms with Crippen LogP contribution in [0.5, 0.6) is 0 Å². The smallest absolute Gasteiger partial charge is 0.173 e. The lowest BCUT2D eigenvalue weighted by Gasteiger charge is -2.02. The molecule has 0 saturated heterocycles. The van der Waals surface area contributed by atoms with Crippen LogP contribution in [0.15, 0.2) is 48.6 Å². The molecule has 0 atom stereocenters. The van der Waals surface area contributed by atoms with Crippen LogP contribution in [0.3, 0.4) is 0 Å². The monoisotopic (exact) mass is 194 g/mol. The fourth-order valence-corrected chi connectivity index (χ4v) is 1.18. The topological polar surface area (TPSA) is 0 Å². The normalized spacial score (nSPS) is 10.5. The second kappa shape index (κ2) is 5.32. The van der Waals surface area contributed by atoms with E-state index in [1.165, 1.54) is 0 Å². The Morgan fingerprint density at radius 3 is 2.36 bits per heavy atom. The van der Waals surface area contributed by atoms with Gasteiger partial charge >= 0.3 is 0 Å². The van der Waals surface area contributed by atoms with E-state index in [0.717, 1.165) is 0 Å². The zero-order chi connectivity index (χ0) is 10.4. The predicted molar refractivity (Wildman–Crippen MR) is 55.0 cm³/mol. The third-order valence-corrected chi connectivity index (χ3v) is 1.91. The second-order valence-electron chi connectivity index (χ2n) is 2.88. The van der Waals surface area contributed by atoms with Gasteiger partial charge in [0.05, 0.1) is 0 Å². The average Bonchev–Trinajstić information content (AvgIpc) is 2.19. The van der Waals surface area contributed by atoms with Gasteiger partial charge in [-0.1, -0.05) is 42.5 Å². The molecule has 2 heteroatoms. The lowest BCUT2D eigenvalue weighted by Crippen LogP contribution is -1.84. The van der Waals surface area contributed by atoms with Gasteiger partial charge < -0.3 is 0 Å². The molecule has 1 aromatic carbocycles. The van der Waals surface area contributed by atoms with Gasteiger partial charge in [-0.25, -0.2) is 0 Å². The van der Waals surface area contributed by atoms with Crippen LogP contribution in [0.25, 0.3) is 5.57 Å². The van der Waals surface area contributed by atoms with Gasteiger partial charge in [-0.05, 0) is 18.9 Å². The Bertz CT molecular complexity index is 333. The zero-order valence-electron chi connectivity index (χ0n) is 8.00. The lowest BCUT2D eigenvalue weighted by atomic mass is 10.0. The van der Waals surface area contributed by atoms with Crippen molar-refractivity contribution in [3.63, 3.8) is 0 Å². The van der Waals surface area contributed by atoms with Crippen molar-refractivity contribution in [2.24, 2.45) is 0 Å². The Hall–Kier alpha value is -1.44. The molecule has 0 aliphatic carbocycles. The highest BCUT2D eigenvalue weighted by molar-refractivity contribution is 5.67. The van der Waals surface area contributed by atoms with Crippen molar-refractivity contribution < 1.29 is 8.78 Å².